The lowest BCUT2D eigenvalue weighted by Gasteiger charge is -2.36. The van der Waals surface area contributed by atoms with Gasteiger partial charge in [0.2, 0.25) is 0 Å². The summed E-state index contributed by atoms with van der Waals surface area (Å²) in [7, 11) is 0. The quantitative estimate of drug-likeness (QED) is 0.728. The second-order valence-electron chi connectivity index (χ2n) is 6.28. The second-order valence-corrected chi connectivity index (χ2v) is 7.61. The van der Waals surface area contributed by atoms with Crippen LogP contribution in [0.4, 0.5) is 17.5 Å². The molecule has 0 N–H and O–H groups in total. The van der Waals surface area contributed by atoms with E-state index in [0.29, 0.717) is 5.02 Å². The van der Waals surface area contributed by atoms with E-state index in [1.165, 1.54) is 0 Å². The highest BCUT2D eigenvalue weighted by Crippen LogP contribution is 2.27. The molecular formula is C17H20BrClN6O. The highest BCUT2D eigenvalue weighted by molar-refractivity contribution is 9.10. The molecule has 0 bridgehead atoms. The van der Waals surface area contributed by atoms with E-state index in [9.17, 15) is 0 Å². The van der Waals surface area contributed by atoms with Crippen molar-refractivity contribution in [3.05, 3.63) is 33.9 Å². The van der Waals surface area contributed by atoms with Gasteiger partial charge >= 0.3 is 0 Å². The van der Waals surface area contributed by atoms with Gasteiger partial charge in [0.05, 0.1) is 18.2 Å². The number of hydrogen-bond donors (Lipinski definition) is 0. The monoisotopic (exact) mass is 438 g/mol. The van der Waals surface area contributed by atoms with Gasteiger partial charge < -0.3 is 19.4 Å². The van der Waals surface area contributed by atoms with E-state index in [1.807, 2.05) is 12.1 Å². The second kappa shape index (κ2) is 7.94. The summed E-state index contributed by atoms with van der Waals surface area (Å²) in [5.41, 5.74) is 0. The number of nitrogens with zero attached hydrogens (tertiary/aromatic N) is 6. The number of rotatable bonds is 3. The van der Waals surface area contributed by atoms with Crippen molar-refractivity contribution in [2.24, 2.45) is 0 Å². The summed E-state index contributed by atoms with van der Waals surface area (Å²) in [4.78, 5) is 11.1. The lowest BCUT2D eigenvalue weighted by Crippen LogP contribution is -2.47. The molecule has 0 unspecified atom stereocenters. The fourth-order valence-corrected chi connectivity index (χ4v) is 3.98. The molecule has 2 aromatic heterocycles. The number of morpholine rings is 1. The zero-order chi connectivity index (χ0) is 17.9. The first-order valence-corrected chi connectivity index (χ1v) is 9.85. The molecule has 26 heavy (non-hydrogen) atoms. The summed E-state index contributed by atoms with van der Waals surface area (Å²) < 4.78 is 6.27. The Bertz CT molecular complexity index is 747. The molecule has 0 radical (unpaired) electrons. The van der Waals surface area contributed by atoms with Gasteiger partial charge in [0.1, 0.15) is 5.82 Å². The van der Waals surface area contributed by atoms with Gasteiger partial charge in [-0.1, -0.05) is 11.6 Å². The molecule has 0 amide bonds. The predicted octanol–water partition coefficient (Wildman–Crippen LogP) is 2.45. The molecule has 2 aliphatic heterocycles. The molecule has 0 aromatic carbocycles. The van der Waals surface area contributed by atoms with Crippen molar-refractivity contribution in [2.75, 3.05) is 67.2 Å². The Balaban J connectivity index is 1.38. The number of ether oxygens (including phenoxy) is 1. The zero-order valence-corrected chi connectivity index (χ0v) is 16.7. The van der Waals surface area contributed by atoms with E-state index in [2.05, 4.69) is 51.9 Å². The highest BCUT2D eigenvalue weighted by Gasteiger charge is 2.21. The number of anilines is 3. The molecule has 0 atom stereocenters. The van der Waals surface area contributed by atoms with Crippen LogP contribution < -0.4 is 14.7 Å². The first-order valence-electron chi connectivity index (χ1n) is 8.68. The third-order valence-electron chi connectivity index (χ3n) is 4.66. The standard InChI is InChI=1S/C17H20BrClN6O/c18-13-11-14(19)17(20-12-13)25-5-3-23(4-6-25)15-1-2-16(22-21-15)24-7-9-26-10-8-24/h1-2,11-12H,3-10H2. The van der Waals surface area contributed by atoms with E-state index in [4.69, 9.17) is 16.3 Å². The van der Waals surface area contributed by atoms with Crippen molar-refractivity contribution in [2.45, 2.75) is 0 Å². The van der Waals surface area contributed by atoms with Gasteiger partial charge in [0.25, 0.3) is 0 Å². The number of piperazine rings is 1. The first kappa shape index (κ1) is 17.8. The maximum atomic E-state index is 6.32. The molecule has 2 saturated heterocycles. The maximum Gasteiger partial charge on any atom is 0.151 e. The van der Waals surface area contributed by atoms with Crippen LogP contribution in [0.5, 0.6) is 0 Å². The molecule has 7 nitrogen and oxygen atoms in total. The fraction of sp³-hybridized carbons (Fsp3) is 0.471. The smallest absolute Gasteiger partial charge is 0.151 e. The van der Waals surface area contributed by atoms with Crippen LogP contribution in [-0.2, 0) is 4.74 Å². The van der Waals surface area contributed by atoms with Gasteiger partial charge in [0.15, 0.2) is 11.6 Å². The summed E-state index contributed by atoms with van der Waals surface area (Å²) in [6.07, 6.45) is 1.78. The van der Waals surface area contributed by atoms with Crippen LogP contribution in [0.15, 0.2) is 28.9 Å². The van der Waals surface area contributed by atoms with E-state index in [1.54, 1.807) is 6.20 Å². The zero-order valence-electron chi connectivity index (χ0n) is 14.3. The van der Waals surface area contributed by atoms with Crippen molar-refractivity contribution in [1.29, 1.82) is 0 Å². The summed E-state index contributed by atoms with van der Waals surface area (Å²) in [6, 6.07) is 5.98. The van der Waals surface area contributed by atoms with Gasteiger partial charge in [-0.25, -0.2) is 4.98 Å². The SMILES string of the molecule is Clc1cc(Br)cnc1N1CCN(c2ccc(N3CCOCC3)nn2)CC1. The number of pyridine rings is 1. The van der Waals surface area contributed by atoms with Gasteiger partial charge in [-0.15, -0.1) is 10.2 Å². The van der Waals surface area contributed by atoms with Gasteiger partial charge in [0, 0.05) is 49.9 Å². The lowest BCUT2D eigenvalue weighted by atomic mass is 10.3. The van der Waals surface area contributed by atoms with Crippen molar-refractivity contribution in [3.63, 3.8) is 0 Å². The highest BCUT2D eigenvalue weighted by atomic mass is 79.9. The Morgan fingerprint density at radius 3 is 2.04 bits per heavy atom. The molecule has 2 fully saturated rings. The molecule has 4 rings (SSSR count). The molecule has 0 aliphatic carbocycles. The normalized spacial score (nSPS) is 18.3. The number of aromatic nitrogens is 3. The van der Waals surface area contributed by atoms with Crippen molar-refractivity contribution >= 4 is 45.0 Å². The third kappa shape index (κ3) is 3.87. The van der Waals surface area contributed by atoms with Gasteiger partial charge in [-0.2, -0.15) is 0 Å². The summed E-state index contributed by atoms with van der Waals surface area (Å²) in [5.74, 6) is 2.67. The molecule has 0 saturated carbocycles. The van der Waals surface area contributed by atoms with E-state index < -0.39 is 0 Å². The Kier molecular flexibility index (Phi) is 5.42. The minimum Gasteiger partial charge on any atom is -0.378 e. The van der Waals surface area contributed by atoms with Crippen LogP contribution in [-0.4, -0.2) is 67.7 Å². The lowest BCUT2D eigenvalue weighted by molar-refractivity contribution is 0.122. The van der Waals surface area contributed by atoms with Crippen LogP contribution in [0.1, 0.15) is 0 Å². The summed E-state index contributed by atoms with van der Waals surface area (Å²) >= 11 is 9.72. The molecule has 2 aliphatic rings. The molecule has 9 heteroatoms. The summed E-state index contributed by atoms with van der Waals surface area (Å²) in [5, 5.41) is 9.51. The van der Waals surface area contributed by atoms with Crippen molar-refractivity contribution in [1.82, 2.24) is 15.2 Å². The Hall–Kier alpha value is -1.64. The molecule has 2 aromatic rings. The van der Waals surface area contributed by atoms with Crippen LogP contribution in [0.3, 0.4) is 0 Å². The average molecular weight is 440 g/mol. The van der Waals surface area contributed by atoms with Crippen LogP contribution in [0, 0.1) is 0 Å². The summed E-state index contributed by atoms with van der Waals surface area (Å²) in [6.45, 7) is 6.65. The number of halogens is 2. The molecule has 138 valence electrons. The van der Waals surface area contributed by atoms with Crippen molar-refractivity contribution in [3.8, 4) is 0 Å². The van der Waals surface area contributed by atoms with E-state index in [-0.39, 0.29) is 0 Å². The average Bonchev–Trinajstić information content (AvgIpc) is 2.69. The first-order chi connectivity index (χ1) is 12.7. The Morgan fingerprint density at radius 1 is 0.885 bits per heavy atom. The van der Waals surface area contributed by atoms with Gasteiger partial charge in [-0.3, -0.25) is 0 Å². The van der Waals surface area contributed by atoms with Crippen LogP contribution in [0.25, 0.3) is 0 Å². The number of hydrogen-bond acceptors (Lipinski definition) is 7. The minimum atomic E-state index is 0.669. The maximum absolute atomic E-state index is 6.32. The molecular weight excluding hydrogens is 420 g/mol. The predicted molar refractivity (Wildman–Crippen MR) is 106 cm³/mol. The molecule has 0 spiro atoms. The molecule has 4 heterocycles. The largest absolute Gasteiger partial charge is 0.378 e. The van der Waals surface area contributed by atoms with Crippen molar-refractivity contribution < 1.29 is 4.74 Å². The topological polar surface area (TPSA) is 57.6 Å². The van der Waals surface area contributed by atoms with Crippen LogP contribution in [0.2, 0.25) is 5.02 Å². The third-order valence-corrected chi connectivity index (χ3v) is 5.37. The van der Waals surface area contributed by atoms with Crippen LogP contribution >= 0.6 is 27.5 Å². The Labute approximate surface area is 166 Å². The van der Waals surface area contributed by atoms with Gasteiger partial charge in [-0.05, 0) is 34.1 Å². The minimum absolute atomic E-state index is 0.669. The van der Waals surface area contributed by atoms with E-state index >= 15 is 0 Å². The Morgan fingerprint density at radius 2 is 1.46 bits per heavy atom. The fourth-order valence-electron chi connectivity index (χ4n) is 3.24. The van der Waals surface area contributed by atoms with E-state index in [0.717, 1.165) is 74.4 Å².